The largest absolute Gasteiger partial charge is 0.465 e. The number of piperazine rings is 1. The maximum atomic E-state index is 14.6. The van der Waals surface area contributed by atoms with Crippen molar-refractivity contribution in [3.8, 4) is 0 Å². The lowest BCUT2D eigenvalue weighted by molar-refractivity contribution is 0.0600. The Morgan fingerprint density at radius 3 is 2.54 bits per heavy atom. The van der Waals surface area contributed by atoms with Gasteiger partial charge in [-0.15, -0.1) is 0 Å². The standard InChI is InChI=1S/C20H21F2N3O3/c1-28-19(26)14-5-6-15(18(22)11-14)13-25(17-4-2-3-16(21)12-17)20(27)24-9-7-23-8-10-24/h2-6,11-12,23H,7-10,13H2,1H3. The molecule has 2 aromatic rings. The highest BCUT2D eigenvalue weighted by Gasteiger charge is 2.25. The van der Waals surface area contributed by atoms with Crippen molar-refractivity contribution < 1.29 is 23.1 Å². The van der Waals surface area contributed by atoms with E-state index in [0.717, 1.165) is 6.07 Å². The van der Waals surface area contributed by atoms with Gasteiger partial charge in [0.25, 0.3) is 0 Å². The van der Waals surface area contributed by atoms with Gasteiger partial charge in [-0.25, -0.2) is 18.4 Å². The predicted molar refractivity (Wildman–Crippen MR) is 100 cm³/mol. The Balaban J connectivity index is 1.91. The predicted octanol–water partition coefficient (Wildman–Crippen LogP) is 2.78. The van der Waals surface area contributed by atoms with Crippen LogP contribution in [0.15, 0.2) is 42.5 Å². The number of anilines is 1. The first-order chi connectivity index (χ1) is 13.5. The summed E-state index contributed by atoms with van der Waals surface area (Å²) in [5, 5.41) is 3.16. The van der Waals surface area contributed by atoms with Gasteiger partial charge >= 0.3 is 12.0 Å². The molecule has 0 aromatic heterocycles. The molecule has 0 radical (unpaired) electrons. The van der Waals surface area contributed by atoms with Crippen LogP contribution in [0.1, 0.15) is 15.9 Å². The van der Waals surface area contributed by atoms with E-state index in [9.17, 15) is 18.4 Å². The molecule has 1 heterocycles. The summed E-state index contributed by atoms with van der Waals surface area (Å²) in [7, 11) is 1.21. The van der Waals surface area contributed by atoms with Gasteiger partial charge in [0.1, 0.15) is 11.6 Å². The molecule has 148 valence electrons. The average Bonchev–Trinajstić information content (AvgIpc) is 2.72. The topological polar surface area (TPSA) is 61.9 Å². The summed E-state index contributed by atoms with van der Waals surface area (Å²) >= 11 is 0. The van der Waals surface area contributed by atoms with Crippen molar-refractivity contribution in [2.45, 2.75) is 6.54 Å². The van der Waals surface area contributed by atoms with Gasteiger partial charge in [-0.1, -0.05) is 12.1 Å². The van der Waals surface area contributed by atoms with Crippen LogP contribution in [0.3, 0.4) is 0 Å². The zero-order chi connectivity index (χ0) is 20.1. The highest BCUT2D eigenvalue weighted by atomic mass is 19.1. The lowest BCUT2D eigenvalue weighted by atomic mass is 10.1. The van der Waals surface area contributed by atoms with Crippen LogP contribution >= 0.6 is 0 Å². The van der Waals surface area contributed by atoms with E-state index in [4.69, 9.17) is 0 Å². The molecule has 1 fully saturated rings. The number of halogens is 2. The third-order valence-corrected chi connectivity index (χ3v) is 4.54. The fourth-order valence-corrected chi connectivity index (χ4v) is 3.03. The number of carbonyl (C=O) groups is 2. The average molecular weight is 389 g/mol. The molecule has 6 nitrogen and oxygen atoms in total. The maximum absolute atomic E-state index is 14.6. The maximum Gasteiger partial charge on any atom is 0.337 e. The molecule has 0 bridgehead atoms. The molecule has 1 aliphatic heterocycles. The molecule has 1 aliphatic rings. The van der Waals surface area contributed by atoms with Gasteiger partial charge in [0.15, 0.2) is 0 Å². The van der Waals surface area contributed by atoms with Gasteiger partial charge in [0, 0.05) is 37.4 Å². The molecule has 28 heavy (non-hydrogen) atoms. The molecule has 2 aromatic carbocycles. The molecule has 8 heteroatoms. The van der Waals surface area contributed by atoms with Crippen LogP contribution in [0.5, 0.6) is 0 Å². The second-order valence-corrected chi connectivity index (χ2v) is 6.38. The molecule has 0 saturated carbocycles. The van der Waals surface area contributed by atoms with Crippen LogP contribution in [0.4, 0.5) is 19.3 Å². The first-order valence-corrected chi connectivity index (χ1v) is 8.89. The molecule has 1 N–H and O–H groups in total. The minimum absolute atomic E-state index is 0.0782. The van der Waals surface area contributed by atoms with Gasteiger partial charge < -0.3 is 15.0 Å². The van der Waals surface area contributed by atoms with Crippen LogP contribution in [-0.2, 0) is 11.3 Å². The van der Waals surface area contributed by atoms with Crippen molar-refractivity contribution in [2.24, 2.45) is 0 Å². The first kappa shape index (κ1) is 19.8. The van der Waals surface area contributed by atoms with E-state index in [2.05, 4.69) is 10.1 Å². The molecular formula is C20H21F2N3O3. The lowest BCUT2D eigenvalue weighted by Gasteiger charge is -2.33. The van der Waals surface area contributed by atoms with Gasteiger partial charge in [0.05, 0.1) is 19.2 Å². The van der Waals surface area contributed by atoms with E-state index in [1.807, 2.05) is 0 Å². The quantitative estimate of drug-likeness (QED) is 0.817. The molecule has 3 rings (SSSR count). The van der Waals surface area contributed by atoms with Crippen molar-refractivity contribution in [1.29, 1.82) is 0 Å². The number of benzene rings is 2. The summed E-state index contributed by atoms with van der Waals surface area (Å²) in [5.41, 5.74) is 0.620. The van der Waals surface area contributed by atoms with Crippen molar-refractivity contribution >= 4 is 17.7 Å². The fraction of sp³-hybridized carbons (Fsp3) is 0.300. The molecule has 0 aliphatic carbocycles. The number of ether oxygens (including phenoxy) is 1. The van der Waals surface area contributed by atoms with E-state index in [0.29, 0.717) is 31.9 Å². The molecule has 1 saturated heterocycles. The molecule has 2 amide bonds. The fourth-order valence-electron chi connectivity index (χ4n) is 3.03. The van der Waals surface area contributed by atoms with Crippen molar-refractivity contribution in [1.82, 2.24) is 10.2 Å². The molecule has 0 unspecified atom stereocenters. The number of hydrogen-bond acceptors (Lipinski definition) is 4. The first-order valence-electron chi connectivity index (χ1n) is 8.89. The second kappa shape index (κ2) is 8.79. The summed E-state index contributed by atoms with van der Waals surface area (Å²) in [6.45, 7) is 2.23. The van der Waals surface area contributed by atoms with Gasteiger partial charge in [-0.05, 0) is 30.3 Å². The number of nitrogens with zero attached hydrogens (tertiary/aromatic N) is 2. The van der Waals surface area contributed by atoms with Crippen molar-refractivity contribution in [3.63, 3.8) is 0 Å². The zero-order valence-corrected chi connectivity index (χ0v) is 15.5. The van der Waals surface area contributed by atoms with Crippen molar-refractivity contribution in [2.75, 3.05) is 38.2 Å². The lowest BCUT2D eigenvalue weighted by Crippen LogP contribution is -2.51. The molecular weight excluding hydrogens is 368 g/mol. The number of hydrogen-bond donors (Lipinski definition) is 1. The normalized spacial score (nSPS) is 13.9. The monoisotopic (exact) mass is 389 g/mol. The van der Waals surface area contributed by atoms with Crippen LogP contribution in [0.25, 0.3) is 0 Å². The minimum Gasteiger partial charge on any atom is -0.465 e. The number of rotatable bonds is 4. The van der Waals surface area contributed by atoms with E-state index in [-0.39, 0.29) is 23.7 Å². The Labute approximate surface area is 161 Å². The smallest absolute Gasteiger partial charge is 0.337 e. The summed E-state index contributed by atoms with van der Waals surface area (Å²) in [4.78, 5) is 27.6. The minimum atomic E-state index is -0.649. The van der Waals surface area contributed by atoms with E-state index >= 15 is 0 Å². The number of methoxy groups -OCH3 is 1. The Hall–Kier alpha value is -3.00. The Bertz CT molecular complexity index is 870. The summed E-state index contributed by atoms with van der Waals surface area (Å²) < 4.78 is 32.9. The number of urea groups is 1. The SMILES string of the molecule is COC(=O)c1ccc(CN(C(=O)N2CCNCC2)c2cccc(F)c2)c(F)c1. The summed E-state index contributed by atoms with van der Waals surface area (Å²) in [5.74, 6) is -1.78. The summed E-state index contributed by atoms with van der Waals surface area (Å²) in [6.07, 6.45) is 0. The van der Waals surface area contributed by atoms with E-state index in [1.165, 1.54) is 42.3 Å². The highest BCUT2D eigenvalue weighted by molar-refractivity contribution is 5.92. The number of amides is 2. The van der Waals surface area contributed by atoms with Crippen LogP contribution < -0.4 is 10.2 Å². The third kappa shape index (κ3) is 4.45. The second-order valence-electron chi connectivity index (χ2n) is 6.38. The number of nitrogens with one attached hydrogen (secondary N) is 1. The van der Waals surface area contributed by atoms with Crippen LogP contribution in [0, 0.1) is 11.6 Å². The summed E-state index contributed by atoms with van der Waals surface area (Å²) in [6, 6.07) is 9.22. The number of carbonyl (C=O) groups excluding carboxylic acids is 2. The Kier molecular flexibility index (Phi) is 6.20. The van der Waals surface area contributed by atoms with E-state index in [1.54, 1.807) is 11.0 Å². The Morgan fingerprint density at radius 1 is 1.14 bits per heavy atom. The van der Waals surface area contributed by atoms with Gasteiger partial charge in [-0.3, -0.25) is 4.90 Å². The van der Waals surface area contributed by atoms with Crippen LogP contribution in [-0.4, -0.2) is 50.2 Å². The molecule has 0 spiro atoms. The van der Waals surface area contributed by atoms with Crippen molar-refractivity contribution in [3.05, 3.63) is 65.2 Å². The van der Waals surface area contributed by atoms with Gasteiger partial charge in [0.2, 0.25) is 0 Å². The zero-order valence-electron chi connectivity index (χ0n) is 15.5. The van der Waals surface area contributed by atoms with Crippen LogP contribution in [0.2, 0.25) is 0 Å². The van der Waals surface area contributed by atoms with Gasteiger partial charge in [-0.2, -0.15) is 0 Å². The third-order valence-electron chi connectivity index (χ3n) is 4.54. The number of esters is 1. The highest BCUT2D eigenvalue weighted by Crippen LogP contribution is 2.22. The Morgan fingerprint density at radius 2 is 1.89 bits per heavy atom. The van der Waals surface area contributed by atoms with E-state index < -0.39 is 17.6 Å². The molecule has 0 atom stereocenters.